The number of hydrogen-bond donors (Lipinski definition) is 2. The summed E-state index contributed by atoms with van der Waals surface area (Å²) in [6.45, 7) is 1.91. The van der Waals surface area contributed by atoms with E-state index >= 15 is 0 Å². The summed E-state index contributed by atoms with van der Waals surface area (Å²) in [5.74, 6) is -0.293. The quantitative estimate of drug-likeness (QED) is 0.266. The molecule has 6 nitrogen and oxygen atoms in total. The van der Waals surface area contributed by atoms with Gasteiger partial charge in [-0.1, -0.05) is 29.3 Å². The number of aryl methyl sites for hydroxylation is 1. The summed E-state index contributed by atoms with van der Waals surface area (Å²) in [6, 6.07) is 20.8. The van der Waals surface area contributed by atoms with E-state index in [0.717, 1.165) is 22.2 Å². The average molecular weight is 506 g/mol. The summed E-state index contributed by atoms with van der Waals surface area (Å²) >= 11 is 12.2. The van der Waals surface area contributed by atoms with Gasteiger partial charge in [-0.15, -0.1) is 0 Å². The van der Waals surface area contributed by atoms with Crippen LogP contribution in [-0.2, 0) is 0 Å². The molecule has 5 rings (SSSR count). The van der Waals surface area contributed by atoms with Crippen molar-refractivity contribution in [2.75, 3.05) is 7.11 Å². The Labute approximate surface area is 211 Å². The maximum absolute atomic E-state index is 14.0. The second kappa shape index (κ2) is 9.13. The van der Waals surface area contributed by atoms with Crippen molar-refractivity contribution in [1.29, 1.82) is 0 Å². The van der Waals surface area contributed by atoms with E-state index in [4.69, 9.17) is 27.9 Å². The normalized spacial score (nSPS) is 12.1. The van der Waals surface area contributed by atoms with Gasteiger partial charge in [0.15, 0.2) is 5.78 Å². The van der Waals surface area contributed by atoms with Gasteiger partial charge in [0.25, 0.3) is 5.56 Å². The Morgan fingerprint density at radius 3 is 2.46 bits per heavy atom. The number of rotatable bonds is 6. The lowest BCUT2D eigenvalue weighted by Crippen LogP contribution is -2.16. The van der Waals surface area contributed by atoms with Crippen LogP contribution in [0.1, 0.15) is 33.2 Å². The Balaban J connectivity index is 1.74. The molecule has 0 aliphatic heterocycles. The molecule has 3 aromatic carbocycles. The topological polar surface area (TPSA) is 79.9 Å². The number of nitrogens with one attached hydrogen (secondary N) is 2. The molecule has 2 heterocycles. The molecule has 8 heteroatoms. The smallest absolute Gasteiger partial charge is 0.271 e. The summed E-state index contributed by atoms with van der Waals surface area (Å²) < 4.78 is 6.82. The average Bonchev–Trinajstić information content (AvgIpc) is 3.38. The third kappa shape index (κ3) is 4.27. The Bertz CT molecular complexity index is 1610. The number of aromatic amines is 2. The molecule has 0 spiro atoms. The summed E-state index contributed by atoms with van der Waals surface area (Å²) in [4.78, 5) is 30.3. The molecule has 0 saturated heterocycles. The van der Waals surface area contributed by atoms with E-state index in [1.807, 2.05) is 25.1 Å². The first-order chi connectivity index (χ1) is 16.9. The third-order valence-corrected chi connectivity index (χ3v) is 6.53. The van der Waals surface area contributed by atoms with Gasteiger partial charge in [0.2, 0.25) is 0 Å². The van der Waals surface area contributed by atoms with Crippen molar-refractivity contribution in [1.82, 2.24) is 14.8 Å². The van der Waals surface area contributed by atoms with Crippen LogP contribution in [0.25, 0.3) is 16.6 Å². The molecule has 0 saturated carbocycles. The maximum atomic E-state index is 14.0. The maximum Gasteiger partial charge on any atom is 0.271 e. The van der Waals surface area contributed by atoms with Gasteiger partial charge in [-0.3, -0.25) is 14.7 Å². The first kappa shape index (κ1) is 23.0. The second-order valence-corrected chi connectivity index (χ2v) is 9.12. The SMILES string of the molecule is COc1ccc2[nH]c(C)c(C(C(=O)c3ccc(Cl)cc3)c3cc(=O)n(-c4cccc(Cl)c4)[nH]3)c2c1. The Morgan fingerprint density at radius 2 is 1.74 bits per heavy atom. The van der Waals surface area contributed by atoms with Crippen molar-refractivity contribution >= 4 is 39.9 Å². The summed E-state index contributed by atoms with van der Waals surface area (Å²) in [6.07, 6.45) is 0. The molecule has 2 aromatic heterocycles. The molecule has 0 radical (unpaired) electrons. The van der Waals surface area contributed by atoms with Crippen molar-refractivity contribution < 1.29 is 9.53 Å². The van der Waals surface area contributed by atoms with E-state index in [2.05, 4.69) is 10.1 Å². The molecular weight excluding hydrogens is 485 g/mol. The molecule has 0 aliphatic carbocycles. The van der Waals surface area contributed by atoms with E-state index in [1.165, 1.54) is 10.7 Å². The van der Waals surface area contributed by atoms with Gasteiger partial charge in [-0.05, 0) is 73.2 Å². The monoisotopic (exact) mass is 505 g/mol. The van der Waals surface area contributed by atoms with Crippen LogP contribution in [0.4, 0.5) is 0 Å². The minimum Gasteiger partial charge on any atom is -0.497 e. The lowest BCUT2D eigenvalue weighted by Gasteiger charge is -2.16. The number of carbonyl (C=O) groups is 1. The molecule has 0 amide bonds. The molecule has 0 aliphatic rings. The van der Waals surface area contributed by atoms with Gasteiger partial charge in [0.05, 0.1) is 24.4 Å². The minimum absolute atomic E-state index is 0.173. The minimum atomic E-state index is -0.787. The Morgan fingerprint density at radius 1 is 0.971 bits per heavy atom. The van der Waals surface area contributed by atoms with Gasteiger partial charge in [0.1, 0.15) is 5.75 Å². The van der Waals surface area contributed by atoms with Crippen LogP contribution in [0.3, 0.4) is 0 Å². The summed E-state index contributed by atoms with van der Waals surface area (Å²) in [5.41, 5.74) is 3.66. The first-order valence-corrected chi connectivity index (χ1v) is 11.6. The lowest BCUT2D eigenvalue weighted by atomic mass is 9.86. The number of benzene rings is 3. The van der Waals surface area contributed by atoms with Gasteiger partial charge < -0.3 is 9.72 Å². The molecular formula is C27H21Cl2N3O3. The molecule has 35 heavy (non-hydrogen) atoms. The number of halogens is 2. The van der Waals surface area contributed by atoms with Gasteiger partial charge >= 0.3 is 0 Å². The van der Waals surface area contributed by atoms with E-state index in [1.54, 1.807) is 55.6 Å². The molecule has 0 bridgehead atoms. The van der Waals surface area contributed by atoms with Crippen LogP contribution >= 0.6 is 23.2 Å². The zero-order valence-electron chi connectivity index (χ0n) is 18.9. The highest BCUT2D eigenvalue weighted by Gasteiger charge is 2.31. The highest BCUT2D eigenvalue weighted by Crippen LogP contribution is 2.37. The van der Waals surface area contributed by atoms with Crippen molar-refractivity contribution in [3.63, 3.8) is 0 Å². The van der Waals surface area contributed by atoms with Crippen LogP contribution < -0.4 is 10.3 Å². The second-order valence-electron chi connectivity index (χ2n) is 8.24. The number of fused-ring (bicyclic) bond motifs is 1. The van der Waals surface area contributed by atoms with Gasteiger partial charge in [0, 0.05) is 38.3 Å². The Hall–Kier alpha value is -3.74. The fourth-order valence-corrected chi connectivity index (χ4v) is 4.71. The number of aromatic nitrogens is 3. The fraction of sp³-hybridized carbons (Fsp3) is 0.111. The largest absolute Gasteiger partial charge is 0.497 e. The number of ether oxygens (including phenoxy) is 1. The zero-order valence-corrected chi connectivity index (χ0v) is 20.4. The van der Waals surface area contributed by atoms with E-state index < -0.39 is 5.92 Å². The number of carbonyl (C=O) groups excluding carboxylic acids is 1. The van der Waals surface area contributed by atoms with E-state index in [-0.39, 0.29) is 11.3 Å². The van der Waals surface area contributed by atoms with E-state index in [9.17, 15) is 9.59 Å². The van der Waals surface area contributed by atoms with Crippen molar-refractivity contribution in [3.8, 4) is 11.4 Å². The molecule has 176 valence electrons. The number of methoxy groups -OCH3 is 1. The first-order valence-electron chi connectivity index (χ1n) is 10.9. The summed E-state index contributed by atoms with van der Waals surface area (Å²) in [7, 11) is 1.60. The predicted molar refractivity (Wildman–Crippen MR) is 139 cm³/mol. The number of ketones is 1. The number of H-pyrrole nitrogens is 2. The number of nitrogens with zero attached hydrogens (tertiary/aromatic N) is 1. The van der Waals surface area contributed by atoms with Crippen molar-refractivity contribution in [2.45, 2.75) is 12.8 Å². The fourth-order valence-electron chi connectivity index (χ4n) is 4.40. The summed E-state index contributed by atoms with van der Waals surface area (Å²) in [5, 5.41) is 5.02. The van der Waals surface area contributed by atoms with Crippen LogP contribution in [0.5, 0.6) is 5.75 Å². The number of hydrogen-bond acceptors (Lipinski definition) is 3. The molecule has 2 N–H and O–H groups in total. The van der Waals surface area contributed by atoms with Crippen LogP contribution in [0.15, 0.2) is 77.6 Å². The van der Waals surface area contributed by atoms with Crippen LogP contribution in [-0.4, -0.2) is 27.7 Å². The van der Waals surface area contributed by atoms with Crippen molar-refractivity contribution in [3.05, 3.63) is 116 Å². The van der Waals surface area contributed by atoms with E-state index in [0.29, 0.717) is 32.7 Å². The van der Waals surface area contributed by atoms with Crippen molar-refractivity contribution in [2.24, 2.45) is 0 Å². The highest BCUT2D eigenvalue weighted by atomic mass is 35.5. The predicted octanol–water partition coefficient (Wildman–Crippen LogP) is 6.29. The molecule has 1 atom stereocenters. The molecule has 0 fully saturated rings. The number of Topliss-reactive ketones (excluding diaryl/α,β-unsaturated/α-hetero) is 1. The Kier molecular flexibility index (Phi) is 6.01. The lowest BCUT2D eigenvalue weighted by molar-refractivity contribution is 0.0972. The standard InChI is InChI=1S/C27H21Cl2N3O3/c1-15-25(21-13-20(35-2)10-11-22(21)30-15)26(27(34)16-6-8-17(28)9-7-16)23-14-24(33)32(31-23)19-5-3-4-18(29)12-19/h3-14,26,30-31H,1-2H3. The molecule has 1 unspecified atom stereocenters. The third-order valence-electron chi connectivity index (χ3n) is 6.04. The highest BCUT2D eigenvalue weighted by molar-refractivity contribution is 6.31. The van der Waals surface area contributed by atoms with Crippen LogP contribution in [0.2, 0.25) is 10.0 Å². The van der Waals surface area contributed by atoms with Gasteiger partial charge in [-0.25, -0.2) is 4.68 Å². The molecule has 5 aromatic rings. The zero-order chi connectivity index (χ0) is 24.7. The van der Waals surface area contributed by atoms with Crippen LogP contribution in [0, 0.1) is 6.92 Å². The van der Waals surface area contributed by atoms with Gasteiger partial charge in [-0.2, -0.15) is 0 Å².